The molecule has 2 aromatic rings. The van der Waals surface area contributed by atoms with Gasteiger partial charge in [-0.1, -0.05) is 0 Å². The molecule has 2 rings (SSSR count). The van der Waals surface area contributed by atoms with Gasteiger partial charge in [0.2, 0.25) is 11.9 Å². The second-order valence-corrected chi connectivity index (χ2v) is 4.16. The van der Waals surface area contributed by atoms with E-state index in [1.54, 1.807) is 30.6 Å². The van der Waals surface area contributed by atoms with Crippen molar-refractivity contribution >= 4 is 17.6 Å². The molecule has 0 aromatic carbocycles. The summed E-state index contributed by atoms with van der Waals surface area (Å²) in [5.41, 5.74) is 6.10. The zero-order valence-electron chi connectivity index (χ0n) is 10.7. The zero-order chi connectivity index (χ0) is 14.2. The fourth-order valence-electron chi connectivity index (χ4n) is 1.56. The van der Waals surface area contributed by atoms with Crippen molar-refractivity contribution in [3.05, 3.63) is 22.4 Å². The molecule has 0 spiro atoms. The zero-order valence-corrected chi connectivity index (χ0v) is 10.7. The maximum Gasteiger partial charge on any atom is 0.287 e. The molecule has 2 N–H and O–H groups in total. The summed E-state index contributed by atoms with van der Waals surface area (Å²) in [5.74, 6) is 0.760. The molecule has 0 saturated carbocycles. The third-order valence-electron chi connectivity index (χ3n) is 2.47. The van der Waals surface area contributed by atoms with E-state index < -0.39 is 4.92 Å². The smallest absolute Gasteiger partial charge is 0.287 e. The van der Waals surface area contributed by atoms with E-state index in [9.17, 15) is 10.1 Å². The van der Waals surface area contributed by atoms with Crippen LogP contribution in [0.25, 0.3) is 11.5 Å². The SMILES string of the molecule is CN(C)c1nc(N)nc(-c2cc([N+](=O)[O-])cn2C)n1. The van der Waals surface area contributed by atoms with E-state index in [0.29, 0.717) is 17.5 Å². The Hall–Kier alpha value is -2.71. The number of nitro groups is 1. The average molecular weight is 263 g/mol. The fourth-order valence-corrected chi connectivity index (χ4v) is 1.56. The molecule has 100 valence electrons. The van der Waals surface area contributed by atoms with Crippen molar-refractivity contribution in [3.8, 4) is 11.5 Å². The maximum atomic E-state index is 10.7. The van der Waals surface area contributed by atoms with Gasteiger partial charge in [0.1, 0.15) is 0 Å². The molecule has 0 amide bonds. The van der Waals surface area contributed by atoms with Gasteiger partial charge < -0.3 is 15.2 Å². The summed E-state index contributed by atoms with van der Waals surface area (Å²) in [5, 5.41) is 10.7. The largest absolute Gasteiger partial charge is 0.368 e. The van der Waals surface area contributed by atoms with Crippen LogP contribution in [0.1, 0.15) is 0 Å². The molecule has 9 nitrogen and oxygen atoms in total. The molecule has 0 fully saturated rings. The Morgan fingerprint density at radius 3 is 2.58 bits per heavy atom. The van der Waals surface area contributed by atoms with Gasteiger partial charge in [0.05, 0.1) is 16.8 Å². The standard InChI is InChI=1S/C10H13N7O2/c1-15(2)10-13-8(12-9(11)14-10)7-4-6(17(18)19)5-16(7)3/h4-5H,1-3H3,(H2,11,12,13,14). The molecule has 0 radical (unpaired) electrons. The Balaban J connectivity index is 2.55. The minimum atomic E-state index is -0.471. The van der Waals surface area contributed by atoms with E-state index in [-0.39, 0.29) is 11.6 Å². The molecular formula is C10H13N7O2. The number of aromatic nitrogens is 4. The molecule has 0 saturated heterocycles. The van der Waals surface area contributed by atoms with E-state index in [1.807, 2.05) is 0 Å². The molecule has 0 unspecified atom stereocenters. The minimum Gasteiger partial charge on any atom is -0.368 e. The number of aryl methyl sites for hydroxylation is 1. The van der Waals surface area contributed by atoms with Crippen LogP contribution in [-0.4, -0.2) is 38.5 Å². The molecule has 0 aliphatic rings. The van der Waals surface area contributed by atoms with E-state index in [0.717, 1.165) is 0 Å². The Kier molecular flexibility index (Phi) is 3.03. The van der Waals surface area contributed by atoms with E-state index in [2.05, 4.69) is 15.0 Å². The summed E-state index contributed by atoms with van der Waals surface area (Å²) in [6.45, 7) is 0. The molecule has 0 aliphatic carbocycles. The second kappa shape index (κ2) is 4.52. The lowest BCUT2D eigenvalue weighted by Gasteiger charge is -2.11. The first kappa shape index (κ1) is 12.7. The first-order valence-electron chi connectivity index (χ1n) is 5.38. The van der Waals surface area contributed by atoms with Crippen LogP contribution in [-0.2, 0) is 7.05 Å². The highest BCUT2D eigenvalue weighted by molar-refractivity contribution is 5.58. The summed E-state index contributed by atoms with van der Waals surface area (Å²) >= 11 is 0. The van der Waals surface area contributed by atoms with Crippen molar-refractivity contribution in [1.82, 2.24) is 19.5 Å². The number of nitrogens with two attached hydrogens (primary N) is 1. The molecule has 0 atom stereocenters. The third kappa shape index (κ3) is 2.44. The van der Waals surface area contributed by atoms with Crippen LogP contribution in [0.4, 0.5) is 17.6 Å². The molecule has 9 heteroatoms. The van der Waals surface area contributed by atoms with Gasteiger partial charge >= 0.3 is 0 Å². The van der Waals surface area contributed by atoms with Crippen LogP contribution in [0.5, 0.6) is 0 Å². The van der Waals surface area contributed by atoms with Gasteiger partial charge in [-0.15, -0.1) is 0 Å². The third-order valence-corrected chi connectivity index (χ3v) is 2.47. The van der Waals surface area contributed by atoms with E-state index in [4.69, 9.17) is 5.73 Å². The Labute approximate surface area is 108 Å². The summed E-state index contributed by atoms with van der Waals surface area (Å²) in [6, 6.07) is 1.40. The number of hydrogen-bond donors (Lipinski definition) is 1. The molecule has 0 aliphatic heterocycles. The number of nitrogens with zero attached hydrogens (tertiary/aromatic N) is 6. The monoisotopic (exact) mass is 263 g/mol. The lowest BCUT2D eigenvalue weighted by molar-refractivity contribution is -0.384. The minimum absolute atomic E-state index is 0.0251. The fraction of sp³-hybridized carbons (Fsp3) is 0.300. The second-order valence-electron chi connectivity index (χ2n) is 4.16. The van der Waals surface area contributed by atoms with Crippen molar-refractivity contribution in [1.29, 1.82) is 0 Å². The first-order valence-corrected chi connectivity index (χ1v) is 5.38. The lowest BCUT2D eigenvalue weighted by Crippen LogP contribution is -2.15. The van der Waals surface area contributed by atoms with Gasteiger partial charge in [0, 0.05) is 27.2 Å². The number of rotatable bonds is 3. The summed E-state index contributed by atoms with van der Waals surface area (Å²) in [6.07, 6.45) is 1.39. The summed E-state index contributed by atoms with van der Waals surface area (Å²) < 4.78 is 1.58. The highest BCUT2D eigenvalue weighted by atomic mass is 16.6. The van der Waals surface area contributed by atoms with Gasteiger partial charge in [0.15, 0.2) is 5.82 Å². The van der Waals surface area contributed by atoms with Crippen LogP contribution in [0, 0.1) is 10.1 Å². The molecule has 0 bridgehead atoms. The van der Waals surface area contributed by atoms with Crippen LogP contribution in [0.2, 0.25) is 0 Å². The van der Waals surface area contributed by atoms with Gasteiger partial charge in [-0.3, -0.25) is 10.1 Å². The Bertz CT molecular complexity index is 635. The molecule has 19 heavy (non-hydrogen) atoms. The van der Waals surface area contributed by atoms with E-state index in [1.165, 1.54) is 12.3 Å². The van der Waals surface area contributed by atoms with E-state index >= 15 is 0 Å². The van der Waals surface area contributed by atoms with Crippen LogP contribution in [0.3, 0.4) is 0 Å². The first-order chi connectivity index (χ1) is 8.88. The average Bonchev–Trinajstić information content (AvgIpc) is 2.70. The number of hydrogen-bond acceptors (Lipinski definition) is 7. The van der Waals surface area contributed by atoms with Crippen LogP contribution in [0.15, 0.2) is 12.3 Å². The highest BCUT2D eigenvalue weighted by Crippen LogP contribution is 2.24. The van der Waals surface area contributed by atoms with Gasteiger partial charge in [-0.25, -0.2) is 0 Å². The predicted molar refractivity (Wildman–Crippen MR) is 69.6 cm³/mol. The molecule has 2 aromatic heterocycles. The van der Waals surface area contributed by atoms with Gasteiger partial charge in [0.25, 0.3) is 5.69 Å². The normalized spacial score (nSPS) is 10.5. The topological polar surface area (TPSA) is 116 Å². The predicted octanol–water partition coefficient (Wildman–Crippen LogP) is 0.433. The highest BCUT2D eigenvalue weighted by Gasteiger charge is 2.17. The number of nitrogen functional groups attached to an aromatic ring is 1. The van der Waals surface area contributed by atoms with Crippen molar-refractivity contribution in [2.75, 3.05) is 24.7 Å². The molecular weight excluding hydrogens is 250 g/mol. The Morgan fingerprint density at radius 1 is 1.37 bits per heavy atom. The number of anilines is 2. The van der Waals surface area contributed by atoms with Crippen molar-refractivity contribution in [2.45, 2.75) is 0 Å². The van der Waals surface area contributed by atoms with Crippen molar-refractivity contribution in [2.24, 2.45) is 7.05 Å². The van der Waals surface area contributed by atoms with Crippen LogP contribution < -0.4 is 10.6 Å². The van der Waals surface area contributed by atoms with Crippen LogP contribution >= 0.6 is 0 Å². The summed E-state index contributed by atoms with van der Waals surface area (Å²) in [4.78, 5) is 24.1. The Morgan fingerprint density at radius 2 is 2.05 bits per heavy atom. The van der Waals surface area contributed by atoms with Gasteiger partial charge in [-0.2, -0.15) is 15.0 Å². The van der Waals surface area contributed by atoms with Gasteiger partial charge in [-0.05, 0) is 0 Å². The van der Waals surface area contributed by atoms with Crippen molar-refractivity contribution < 1.29 is 4.92 Å². The maximum absolute atomic E-state index is 10.7. The quantitative estimate of drug-likeness (QED) is 0.630. The lowest BCUT2D eigenvalue weighted by atomic mass is 10.4. The summed E-state index contributed by atoms with van der Waals surface area (Å²) in [7, 11) is 5.22. The molecule has 2 heterocycles. The van der Waals surface area contributed by atoms with Crippen molar-refractivity contribution in [3.63, 3.8) is 0 Å².